The number of fused-ring (bicyclic) bond motifs is 1. The van der Waals surface area contributed by atoms with E-state index in [1.165, 1.54) is 29.3 Å². The summed E-state index contributed by atoms with van der Waals surface area (Å²) in [6, 6.07) is 8.43. The molecule has 18 heavy (non-hydrogen) atoms. The lowest BCUT2D eigenvalue weighted by molar-refractivity contribution is -0.137. The molecule has 3 nitrogen and oxygen atoms in total. The van der Waals surface area contributed by atoms with Crippen LogP contribution in [0.4, 0.5) is 0 Å². The molecule has 1 aromatic carbocycles. The number of carbonyl (C=O) groups is 1. The van der Waals surface area contributed by atoms with Crippen molar-refractivity contribution >= 4 is 16.9 Å². The number of aromatic nitrogens is 1. The van der Waals surface area contributed by atoms with Gasteiger partial charge in [0.1, 0.15) is 0 Å². The number of hydrogen-bond donors (Lipinski definition) is 1. The fourth-order valence-corrected chi connectivity index (χ4v) is 2.75. The van der Waals surface area contributed by atoms with Gasteiger partial charge >= 0.3 is 5.97 Å². The number of carboxylic acids is 1. The zero-order valence-electron chi connectivity index (χ0n) is 10.5. The summed E-state index contributed by atoms with van der Waals surface area (Å²) >= 11 is 0. The number of hydrogen-bond acceptors (Lipinski definition) is 1. The van der Waals surface area contributed by atoms with E-state index in [0.29, 0.717) is 5.92 Å². The third kappa shape index (κ3) is 2.01. The van der Waals surface area contributed by atoms with Gasteiger partial charge in [-0.15, -0.1) is 0 Å². The van der Waals surface area contributed by atoms with Crippen LogP contribution in [0.5, 0.6) is 0 Å². The Balaban J connectivity index is 2.00. The summed E-state index contributed by atoms with van der Waals surface area (Å²) in [6.45, 7) is 0. The van der Waals surface area contributed by atoms with Crippen LogP contribution in [-0.4, -0.2) is 15.6 Å². The normalized spacial score (nSPS) is 16.9. The van der Waals surface area contributed by atoms with Crippen molar-refractivity contribution in [2.45, 2.75) is 25.2 Å². The Morgan fingerprint density at radius 3 is 2.89 bits per heavy atom. The van der Waals surface area contributed by atoms with Crippen molar-refractivity contribution in [1.29, 1.82) is 0 Å². The van der Waals surface area contributed by atoms with Gasteiger partial charge in [0.2, 0.25) is 0 Å². The molecule has 3 heteroatoms. The molecule has 94 valence electrons. The Kier molecular flexibility index (Phi) is 2.62. The van der Waals surface area contributed by atoms with E-state index >= 15 is 0 Å². The fraction of sp³-hybridized carbons (Fsp3) is 0.400. The van der Waals surface area contributed by atoms with Gasteiger partial charge in [-0.2, -0.15) is 0 Å². The number of rotatable bonds is 4. The second kappa shape index (κ2) is 4.16. The number of nitrogens with zero attached hydrogens (tertiary/aromatic N) is 1. The van der Waals surface area contributed by atoms with Crippen LogP contribution in [0.25, 0.3) is 10.9 Å². The lowest BCUT2D eigenvalue weighted by atomic mass is 9.90. The van der Waals surface area contributed by atoms with Gasteiger partial charge in [-0.05, 0) is 47.8 Å². The van der Waals surface area contributed by atoms with Crippen molar-refractivity contribution in [3.63, 3.8) is 0 Å². The molecule has 3 rings (SSSR count). The van der Waals surface area contributed by atoms with Crippen molar-refractivity contribution in [3.05, 3.63) is 36.0 Å². The molecule has 1 heterocycles. The van der Waals surface area contributed by atoms with Crippen LogP contribution in [0.2, 0.25) is 0 Å². The highest BCUT2D eigenvalue weighted by molar-refractivity contribution is 5.81. The minimum Gasteiger partial charge on any atom is -0.481 e. The molecule has 1 unspecified atom stereocenters. The van der Waals surface area contributed by atoms with E-state index in [9.17, 15) is 4.79 Å². The lowest BCUT2D eigenvalue weighted by Gasteiger charge is -2.14. The molecule has 1 N–H and O–H groups in total. The van der Waals surface area contributed by atoms with E-state index < -0.39 is 5.97 Å². The summed E-state index contributed by atoms with van der Waals surface area (Å²) in [5, 5.41) is 10.3. The predicted molar refractivity (Wildman–Crippen MR) is 70.6 cm³/mol. The van der Waals surface area contributed by atoms with Crippen molar-refractivity contribution in [2.75, 3.05) is 0 Å². The summed E-state index contributed by atoms with van der Waals surface area (Å²) in [4.78, 5) is 11.0. The minimum absolute atomic E-state index is 0.182. The largest absolute Gasteiger partial charge is 0.481 e. The first kappa shape index (κ1) is 11.3. The molecule has 1 fully saturated rings. The molecular weight excluding hydrogens is 226 g/mol. The minimum atomic E-state index is -0.695. The predicted octanol–water partition coefficient (Wildman–Crippen LogP) is 3.15. The van der Waals surface area contributed by atoms with Gasteiger partial charge in [0.15, 0.2) is 0 Å². The van der Waals surface area contributed by atoms with Gasteiger partial charge in [-0.1, -0.05) is 12.1 Å². The topological polar surface area (TPSA) is 42.2 Å². The summed E-state index contributed by atoms with van der Waals surface area (Å²) in [5.74, 6) is 0.0551. The molecule has 0 spiro atoms. The summed E-state index contributed by atoms with van der Waals surface area (Å²) < 4.78 is 2.09. The molecule has 1 aliphatic carbocycles. The van der Waals surface area contributed by atoms with Crippen molar-refractivity contribution in [3.8, 4) is 0 Å². The van der Waals surface area contributed by atoms with E-state index in [1.54, 1.807) is 0 Å². The van der Waals surface area contributed by atoms with E-state index in [-0.39, 0.29) is 12.3 Å². The average molecular weight is 243 g/mol. The van der Waals surface area contributed by atoms with Gasteiger partial charge < -0.3 is 9.67 Å². The molecule has 1 atom stereocenters. The Labute approximate surface area is 106 Å². The van der Waals surface area contributed by atoms with Crippen LogP contribution >= 0.6 is 0 Å². The van der Waals surface area contributed by atoms with Crippen LogP contribution in [0.1, 0.15) is 30.7 Å². The van der Waals surface area contributed by atoms with Crippen LogP contribution in [0.15, 0.2) is 30.5 Å². The van der Waals surface area contributed by atoms with Gasteiger partial charge in [-0.25, -0.2) is 0 Å². The van der Waals surface area contributed by atoms with E-state index in [2.05, 4.69) is 28.8 Å². The molecule has 0 saturated heterocycles. The molecule has 1 saturated carbocycles. The Morgan fingerprint density at radius 1 is 1.44 bits per heavy atom. The molecule has 2 aromatic rings. The molecule has 0 bridgehead atoms. The first-order valence-electron chi connectivity index (χ1n) is 6.42. The van der Waals surface area contributed by atoms with Crippen molar-refractivity contribution < 1.29 is 9.90 Å². The Hall–Kier alpha value is -1.77. The maximum Gasteiger partial charge on any atom is 0.303 e. The average Bonchev–Trinajstić information content (AvgIpc) is 3.11. The quantitative estimate of drug-likeness (QED) is 0.896. The number of benzene rings is 1. The van der Waals surface area contributed by atoms with E-state index in [4.69, 9.17) is 5.11 Å². The zero-order chi connectivity index (χ0) is 12.7. The highest BCUT2D eigenvalue weighted by Gasteiger charge is 2.33. The van der Waals surface area contributed by atoms with Gasteiger partial charge in [-0.3, -0.25) is 4.79 Å². The number of aryl methyl sites for hydroxylation is 1. The van der Waals surface area contributed by atoms with Gasteiger partial charge in [0, 0.05) is 18.8 Å². The first-order chi connectivity index (χ1) is 8.65. The maximum atomic E-state index is 11.0. The zero-order valence-corrected chi connectivity index (χ0v) is 10.5. The second-order valence-corrected chi connectivity index (χ2v) is 5.29. The van der Waals surface area contributed by atoms with E-state index in [1.807, 2.05) is 13.2 Å². The number of aliphatic carboxylic acids is 1. The van der Waals surface area contributed by atoms with Crippen LogP contribution in [0, 0.1) is 5.92 Å². The third-order valence-corrected chi connectivity index (χ3v) is 3.93. The summed E-state index contributed by atoms with van der Waals surface area (Å²) in [7, 11) is 2.02. The SMILES string of the molecule is Cn1ccc2ccc(C(CC(=O)O)C3CC3)cc21. The molecule has 0 radical (unpaired) electrons. The number of carboxylic acid groups (broad SMARTS) is 1. The standard InChI is InChI=1S/C15H17NO2/c1-16-7-6-11-4-5-12(8-14(11)16)13(9-15(17)18)10-2-3-10/h4-8,10,13H,2-3,9H2,1H3,(H,17,18). The maximum absolute atomic E-state index is 11.0. The van der Waals surface area contributed by atoms with Crippen LogP contribution in [-0.2, 0) is 11.8 Å². The second-order valence-electron chi connectivity index (χ2n) is 5.29. The molecule has 0 aliphatic heterocycles. The van der Waals surface area contributed by atoms with Crippen LogP contribution in [0.3, 0.4) is 0 Å². The van der Waals surface area contributed by atoms with Crippen LogP contribution < -0.4 is 0 Å². The lowest BCUT2D eigenvalue weighted by Crippen LogP contribution is -2.08. The highest BCUT2D eigenvalue weighted by Crippen LogP contribution is 2.44. The Bertz CT molecular complexity index is 596. The van der Waals surface area contributed by atoms with Crippen molar-refractivity contribution in [1.82, 2.24) is 4.57 Å². The third-order valence-electron chi connectivity index (χ3n) is 3.93. The molecule has 0 amide bonds. The van der Waals surface area contributed by atoms with Crippen molar-refractivity contribution in [2.24, 2.45) is 13.0 Å². The molecular formula is C15H17NO2. The molecule has 1 aliphatic rings. The Morgan fingerprint density at radius 2 is 2.22 bits per heavy atom. The first-order valence-corrected chi connectivity index (χ1v) is 6.42. The smallest absolute Gasteiger partial charge is 0.303 e. The highest BCUT2D eigenvalue weighted by atomic mass is 16.4. The van der Waals surface area contributed by atoms with Gasteiger partial charge in [0.25, 0.3) is 0 Å². The summed E-state index contributed by atoms with van der Waals surface area (Å²) in [5.41, 5.74) is 2.36. The fourth-order valence-electron chi connectivity index (χ4n) is 2.75. The van der Waals surface area contributed by atoms with E-state index in [0.717, 1.165) is 0 Å². The molecule has 1 aromatic heterocycles. The summed E-state index contributed by atoms with van der Waals surface area (Å²) in [6.07, 6.45) is 4.63. The van der Waals surface area contributed by atoms with Gasteiger partial charge in [0.05, 0.1) is 6.42 Å². The monoisotopic (exact) mass is 243 g/mol.